The van der Waals surface area contributed by atoms with E-state index >= 15 is 0 Å². The van der Waals surface area contributed by atoms with E-state index in [0.717, 1.165) is 6.21 Å². The zero-order valence-electron chi connectivity index (χ0n) is 14.1. The summed E-state index contributed by atoms with van der Waals surface area (Å²) in [5.74, 6) is -0.544. The number of carbonyl (C=O) groups is 2. The van der Waals surface area contributed by atoms with Crippen LogP contribution in [-0.2, 0) is 14.4 Å². The van der Waals surface area contributed by atoms with Crippen LogP contribution in [0.15, 0.2) is 23.4 Å². The molecule has 1 aromatic rings. The predicted octanol–water partition coefficient (Wildman–Crippen LogP) is 1.32. The standard InChI is InChI=1S/C15H20N4O6/c1-10(2)7-16-15(21)9-25-17-8-14(20)18-12-5-4-11(19(22)23)6-13(12)24-3/h4-6,8,10H,7,9H2,1-3H3,(H,16,21)(H,18,20)/b17-8-. The van der Waals surface area contributed by atoms with E-state index in [1.807, 2.05) is 13.8 Å². The van der Waals surface area contributed by atoms with Gasteiger partial charge >= 0.3 is 0 Å². The SMILES string of the molecule is COc1cc([N+](=O)[O-])ccc1NC(=O)/C=N\OCC(=O)NCC(C)C. The third kappa shape index (κ3) is 7.29. The third-order valence-electron chi connectivity index (χ3n) is 2.80. The Morgan fingerprint density at radius 3 is 2.72 bits per heavy atom. The molecule has 1 aromatic carbocycles. The van der Waals surface area contributed by atoms with Gasteiger partial charge in [-0.05, 0) is 12.0 Å². The Bertz CT molecular complexity index is 659. The summed E-state index contributed by atoms with van der Waals surface area (Å²) in [6.45, 7) is 4.12. The quantitative estimate of drug-likeness (QED) is 0.391. The number of non-ortho nitro benzene ring substituents is 1. The van der Waals surface area contributed by atoms with E-state index in [-0.39, 0.29) is 29.6 Å². The molecule has 1 rings (SSSR count). The molecule has 0 heterocycles. The maximum absolute atomic E-state index is 11.7. The predicted molar refractivity (Wildman–Crippen MR) is 90.6 cm³/mol. The van der Waals surface area contributed by atoms with Gasteiger partial charge in [0.05, 0.1) is 23.8 Å². The molecule has 0 bridgehead atoms. The largest absolute Gasteiger partial charge is 0.494 e. The Morgan fingerprint density at radius 1 is 1.40 bits per heavy atom. The van der Waals surface area contributed by atoms with Gasteiger partial charge in [0.2, 0.25) is 0 Å². The highest BCUT2D eigenvalue weighted by Crippen LogP contribution is 2.28. The van der Waals surface area contributed by atoms with Gasteiger partial charge in [-0.25, -0.2) is 0 Å². The molecule has 0 spiro atoms. The molecule has 0 aliphatic carbocycles. The molecule has 0 aliphatic rings. The number of ether oxygens (including phenoxy) is 1. The topological polar surface area (TPSA) is 132 Å². The molecule has 136 valence electrons. The molecule has 0 radical (unpaired) electrons. The lowest BCUT2D eigenvalue weighted by Crippen LogP contribution is -2.30. The first-order chi connectivity index (χ1) is 11.8. The summed E-state index contributed by atoms with van der Waals surface area (Å²) in [5.41, 5.74) is 0.0680. The molecule has 0 aromatic heterocycles. The lowest BCUT2D eigenvalue weighted by molar-refractivity contribution is -0.384. The van der Waals surface area contributed by atoms with Crippen molar-refractivity contribution in [3.8, 4) is 5.75 Å². The summed E-state index contributed by atoms with van der Waals surface area (Å²) in [6, 6.07) is 3.75. The lowest BCUT2D eigenvalue weighted by Gasteiger charge is -2.08. The highest BCUT2D eigenvalue weighted by molar-refractivity contribution is 6.31. The first-order valence-corrected chi connectivity index (χ1v) is 7.39. The monoisotopic (exact) mass is 352 g/mol. The fourth-order valence-electron chi connectivity index (χ4n) is 1.61. The summed E-state index contributed by atoms with van der Waals surface area (Å²) in [7, 11) is 1.32. The van der Waals surface area contributed by atoms with Crippen LogP contribution in [0.5, 0.6) is 5.75 Å². The zero-order valence-corrected chi connectivity index (χ0v) is 14.1. The van der Waals surface area contributed by atoms with Crippen molar-refractivity contribution in [3.05, 3.63) is 28.3 Å². The molecule has 10 heteroatoms. The summed E-state index contributed by atoms with van der Waals surface area (Å²) in [4.78, 5) is 38.0. The van der Waals surface area contributed by atoms with E-state index in [1.54, 1.807) is 0 Å². The minimum absolute atomic E-state index is 0.130. The minimum atomic E-state index is -0.644. The highest BCUT2D eigenvalue weighted by Gasteiger charge is 2.12. The smallest absolute Gasteiger partial charge is 0.273 e. The van der Waals surface area contributed by atoms with Gasteiger partial charge in [-0.15, -0.1) is 0 Å². The van der Waals surface area contributed by atoms with Crippen LogP contribution in [0.25, 0.3) is 0 Å². The molecule has 2 N–H and O–H groups in total. The number of hydrogen-bond acceptors (Lipinski definition) is 7. The lowest BCUT2D eigenvalue weighted by atomic mass is 10.2. The first kappa shape index (κ1) is 19.9. The second kappa shape index (κ2) is 9.85. The van der Waals surface area contributed by atoms with Gasteiger partial charge in [-0.3, -0.25) is 19.7 Å². The molecule has 10 nitrogen and oxygen atoms in total. The van der Waals surface area contributed by atoms with Crippen LogP contribution >= 0.6 is 0 Å². The van der Waals surface area contributed by atoms with Gasteiger partial charge in [0, 0.05) is 12.6 Å². The number of nitrogens with one attached hydrogen (secondary N) is 2. The van der Waals surface area contributed by atoms with E-state index in [1.165, 1.54) is 25.3 Å². The van der Waals surface area contributed by atoms with Crippen LogP contribution in [-0.4, -0.2) is 43.2 Å². The number of benzene rings is 1. The summed E-state index contributed by atoms with van der Waals surface area (Å²) >= 11 is 0. The van der Waals surface area contributed by atoms with Crippen LogP contribution < -0.4 is 15.4 Å². The molecule has 0 unspecified atom stereocenters. The average Bonchev–Trinajstić information content (AvgIpc) is 2.57. The minimum Gasteiger partial charge on any atom is -0.494 e. The number of nitro groups is 1. The number of nitrogens with zero attached hydrogens (tertiary/aromatic N) is 2. The number of nitro benzene ring substituents is 1. The molecule has 0 saturated carbocycles. The molecule has 25 heavy (non-hydrogen) atoms. The van der Waals surface area contributed by atoms with Crippen molar-refractivity contribution < 1.29 is 24.1 Å². The van der Waals surface area contributed by atoms with Gasteiger partial charge < -0.3 is 20.2 Å². The van der Waals surface area contributed by atoms with E-state index < -0.39 is 10.8 Å². The van der Waals surface area contributed by atoms with Crippen molar-refractivity contribution in [1.29, 1.82) is 0 Å². The number of methoxy groups -OCH3 is 1. The van der Waals surface area contributed by atoms with E-state index in [0.29, 0.717) is 12.5 Å². The van der Waals surface area contributed by atoms with Gasteiger partial charge in [0.15, 0.2) is 6.61 Å². The second-order valence-corrected chi connectivity index (χ2v) is 5.34. The Kier molecular flexibility index (Phi) is 7.83. The number of hydrogen-bond donors (Lipinski definition) is 2. The van der Waals surface area contributed by atoms with Crippen molar-refractivity contribution in [2.45, 2.75) is 13.8 Å². The van der Waals surface area contributed by atoms with Gasteiger partial charge in [-0.1, -0.05) is 19.0 Å². The Labute approximate surface area is 144 Å². The average molecular weight is 352 g/mol. The molecule has 0 atom stereocenters. The maximum Gasteiger partial charge on any atom is 0.273 e. The third-order valence-corrected chi connectivity index (χ3v) is 2.80. The summed E-state index contributed by atoms with van der Waals surface area (Å²) < 4.78 is 4.99. The fourth-order valence-corrected chi connectivity index (χ4v) is 1.61. The highest BCUT2D eigenvalue weighted by atomic mass is 16.6. The molecule has 0 fully saturated rings. The molecular formula is C15H20N4O6. The van der Waals surface area contributed by atoms with Crippen molar-refractivity contribution in [1.82, 2.24) is 5.32 Å². The van der Waals surface area contributed by atoms with Crippen LogP contribution in [0, 0.1) is 16.0 Å². The van der Waals surface area contributed by atoms with Gasteiger partial charge in [-0.2, -0.15) is 0 Å². The zero-order chi connectivity index (χ0) is 18.8. The number of rotatable bonds is 9. The van der Waals surface area contributed by atoms with E-state index in [9.17, 15) is 19.7 Å². The normalized spacial score (nSPS) is 10.6. The van der Waals surface area contributed by atoms with Crippen LogP contribution in [0.1, 0.15) is 13.8 Å². The number of anilines is 1. The number of amides is 2. The van der Waals surface area contributed by atoms with Crippen molar-refractivity contribution in [2.24, 2.45) is 11.1 Å². The summed E-state index contributed by atoms with van der Waals surface area (Å²) in [6.07, 6.45) is 0.844. The fraction of sp³-hybridized carbons (Fsp3) is 0.400. The van der Waals surface area contributed by atoms with Crippen LogP contribution in [0.4, 0.5) is 11.4 Å². The second-order valence-electron chi connectivity index (χ2n) is 5.34. The van der Waals surface area contributed by atoms with Crippen LogP contribution in [0.2, 0.25) is 0 Å². The van der Waals surface area contributed by atoms with Crippen molar-refractivity contribution >= 4 is 29.4 Å². The Balaban J connectivity index is 2.51. The van der Waals surface area contributed by atoms with Gasteiger partial charge in [0.25, 0.3) is 17.5 Å². The molecule has 2 amide bonds. The van der Waals surface area contributed by atoms with Crippen molar-refractivity contribution in [3.63, 3.8) is 0 Å². The van der Waals surface area contributed by atoms with Crippen molar-refractivity contribution in [2.75, 3.05) is 25.6 Å². The Hall–Kier alpha value is -3.17. The maximum atomic E-state index is 11.7. The first-order valence-electron chi connectivity index (χ1n) is 7.39. The molecule has 0 aliphatic heterocycles. The van der Waals surface area contributed by atoms with Crippen LogP contribution in [0.3, 0.4) is 0 Å². The number of carbonyl (C=O) groups excluding carboxylic acids is 2. The van der Waals surface area contributed by atoms with E-state index in [4.69, 9.17) is 9.57 Å². The molecular weight excluding hydrogens is 332 g/mol. The number of oxime groups is 1. The van der Waals surface area contributed by atoms with E-state index in [2.05, 4.69) is 15.8 Å². The van der Waals surface area contributed by atoms with Gasteiger partial charge in [0.1, 0.15) is 12.0 Å². The Morgan fingerprint density at radius 2 is 2.12 bits per heavy atom. The molecule has 0 saturated heterocycles. The summed E-state index contributed by atoms with van der Waals surface area (Å²) in [5, 5.41) is 19.2.